The number of methoxy groups -OCH3 is 1. The SMILES string of the molecule is COC(=O)c1ccc2c(C(=Nc3ccc(-n4c(C)ccc4CN4CCN(C)CC4)nc3)c3ccccc3)c(O)[nH]c2c1. The number of aromatic amines is 1. The summed E-state index contributed by atoms with van der Waals surface area (Å²) in [5, 5.41) is 11.8. The van der Waals surface area contributed by atoms with Gasteiger partial charge in [-0.2, -0.15) is 0 Å². The van der Waals surface area contributed by atoms with E-state index in [1.807, 2.05) is 42.5 Å². The van der Waals surface area contributed by atoms with Crippen LogP contribution in [0.1, 0.15) is 32.9 Å². The van der Waals surface area contributed by atoms with Gasteiger partial charge in [0.25, 0.3) is 0 Å². The van der Waals surface area contributed by atoms with Crippen molar-refractivity contribution in [2.45, 2.75) is 13.5 Å². The quantitative estimate of drug-likeness (QED) is 0.212. The van der Waals surface area contributed by atoms with Gasteiger partial charge in [-0.1, -0.05) is 36.4 Å². The van der Waals surface area contributed by atoms with Crippen molar-refractivity contribution >= 4 is 28.3 Å². The van der Waals surface area contributed by atoms with Crippen LogP contribution in [0.5, 0.6) is 5.88 Å². The molecule has 4 heterocycles. The lowest BCUT2D eigenvalue weighted by molar-refractivity contribution is 0.0601. The summed E-state index contributed by atoms with van der Waals surface area (Å²) in [6, 6.07) is 23.1. The van der Waals surface area contributed by atoms with Crippen molar-refractivity contribution in [1.82, 2.24) is 24.3 Å². The number of aromatic hydroxyl groups is 1. The van der Waals surface area contributed by atoms with Crippen molar-refractivity contribution in [3.8, 4) is 11.7 Å². The number of nitrogens with zero attached hydrogens (tertiary/aromatic N) is 5. The van der Waals surface area contributed by atoms with Crippen LogP contribution in [0.3, 0.4) is 0 Å². The highest BCUT2D eigenvalue weighted by molar-refractivity contribution is 6.22. The Morgan fingerprint density at radius 3 is 2.50 bits per heavy atom. The molecule has 1 aliphatic heterocycles. The van der Waals surface area contributed by atoms with Gasteiger partial charge in [-0.05, 0) is 50.4 Å². The lowest BCUT2D eigenvalue weighted by Gasteiger charge is -2.32. The Kier molecular flexibility index (Phi) is 7.60. The number of likely N-dealkylation sites (N-methyl/N-ethyl adjacent to an activating group) is 1. The predicted octanol–water partition coefficient (Wildman–Crippen LogP) is 5.07. The lowest BCUT2D eigenvalue weighted by atomic mass is 10.00. The maximum absolute atomic E-state index is 12.1. The number of piperazine rings is 1. The minimum absolute atomic E-state index is 0.0317. The first-order chi connectivity index (χ1) is 20.4. The largest absolute Gasteiger partial charge is 0.494 e. The Hall–Kier alpha value is -4.73. The summed E-state index contributed by atoms with van der Waals surface area (Å²) >= 11 is 0. The van der Waals surface area contributed by atoms with Crippen LogP contribution in [-0.4, -0.2) is 81.5 Å². The molecule has 0 aliphatic carbocycles. The minimum Gasteiger partial charge on any atom is -0.494 e. The second-order valence-corrected chi connectivity index (χ2v) is 10.7. The molecule has 0 atom stereocenters. The molecule has 0 bridgehead atoms. The third kappa shape index (κ3) is 5.44. The number of ether oxygens (including phenoxy) is 1. The molecule has 1 fully saturated rings. The number of nitrogens with one attached hydrogen (secondary N) is 1. The van der Waals surface area contributed by atoms with E-state index in [1.54, 1.807) is 24.4 Å². The van der Waals surface area contributed by atoms with Crippen LogP contribution >= 0.6 is 0 Å². The van der Waals surface area contributed by atoms with Gasteiger partial charge < -0.3 is 24.3 Å². The third-order valence-corrected chi connectivity index (χ3v) is 7.82. The second kappa shape index (κ2) is 11.6. The minimum atomic E-state index is -0.444. The fourth-order valence-electron chi connectivity index (χ4n) is 5.51. The fourth-order valence-corrected chi connectivity index (χ4v) is 5.51. The number of carbonyl (C=O) groups excluding carboxylic acids is 1. The van der Waals surface area contributed by atoms with E-state index in [2.05, 4.69) is 45.5 Å². The highest BCUT2D eigenvalue weighted by Crippen LogP contribution is 2.32. The zero-order valence-electron chi connectivity index (χ0n) is 24.0. The van der Waals surface area contributed by atoms with Crippen LogP contribution in [0, 0.1) is 6.92 Å². The maximum Gasteiger partial charge on any atom is 0.337 e. The molecule has 6 rings (SSSR count). The molecule has 2 N–H and O–H groups in total. The van der Waals surface area contributed by atoms with Gasteiger partial charge >= 0.3 is 5.97 Å². The van der Waals surface area contributed by atoms with Crippen LogP contribution in [0.2, 0.25) is 0 Å². The molecule has 0 radical (unpaired) electrons. The average molecular weight is 563 g/mol. The molecule has 3 aromatic heterocycles. The van der Waals surface area contributed by atoms with E-state index in [0.717, 1.165) is 55.2 Å². The summed E-state index contributed by atoms with van der Waals surface area (Å²) in [5.41, 5.74) is 5.97. The number of aliphatic imine (C=N–C) groups is 1. The number of fused-ring (bicyclic) bond motifs is 1. The number of esters is 1. The van der Waals surface area contributed by atoms with E-state index in [9.17, 15) is 9.90 Å². The summed E-state index contributed by atoms with van der Waals surface area (Å²) in [5.74, 6) is 0.364. The molecule has 2 aromatic carbocycles. The van der Waals surface area contributed by atoms with Crippen LogP contribution in [0.25, 0.3) is 16.7 Å². The lowest BCUT2D eigenvalue weighted by Crippen LogP contribution is -2.44. The second-order valence-electron chi connectivity index (χ2n) is 10.7. The summed E-state index contributed by atoms with van der Waals surface area (Å²) in [7, 11) is 3.51. The van der Waals surface area contributed by atoms with Crippen molar-refractivity contribution in [1.29, 1.82) is 0 Å². The van der Waals surface area contributed by atoms with Crippen LogP contribution in [0.4, 0.5) is 5.69 Å². The van der Waals surface area contributed by atoms with E-state index in [4.69, 9.17) is 14.7 Å². The number of rotatable bonds is 7. The zero-order chi connectivity index (χ0) is 29.2. The summed E-state index contributed by atoms with van der Waals surface area (Å²) < 4.78 is 7.06. The molecule has 9 nitrogen and oxygen atoms in total. The fraction of sp³-hybridized carbons (Fsp3) is 0.242. The normalized spacial score (nSPS) is 14.9. The molecule has 0 saturated carbocycles. The molecule has 42 heavy (non-hydrogen) atoms. The van der Waals surface area contributed by atoms with E-state index in [1.165, 1.54) is 12.8 Å². The van der Waals surface area contributed by atoms with Crippen molar-refractivity contribution in [3.63, 3.8) is 0 Å². The number of aryl methyl sites for hydroxylation is 1. The van der Waals surface area contributed by atoms with Crippen LogP contribution in [-0.2, 0) is 11.3 Å². The van der Waals surface area contributed by atoms with Gasteiger partial charge in [0.2, 0.25) is 0 Å². The highest BCUT2D eigenvalue weighted by Gasteiger charge is 2.21. The summed E-state index contributed by atoms with van der Waals surface area (Å²) in [6.07, 6.45) is 1.76. The number of H-pyrrole nitrogens is 1. The first kappa shape index (κ1) is 27.4. The monoisotopic (exact) mass is 562 g/mol. The number of carbonyl (C=O) groups is 1. The first-order valence-corrected chi connectivity index (χ1v) is 14.0. The van der Waals surface area contributed by atoms with E-state index in [0.29, 0.717) is 28.0 Å². The van der Waals surface area contributed by atoms with Crippen LogP contribution < -0.4 is 0 Å². The van der Waals surface area contributed by atoms with E-state index < -0.39 is 5.97 Å². The van der Waals surface area contributed by atoms with Gasteiger partial charge in [0, 0.05) is 60.6 Å². The van der Waals surface area contributed by atoms with E-state index >= 15 is 0 Å². The van der Waals surface area contributed by atoms with Gasteiger partial charge in [0.1, 0.15) is 5.82 Å². The summed E-state index contributed by atoms with van der Waals surface area (Å²) in [4.78, 5) is 29.7. The van der Waals surface area contributed by atoms with Crippen molar-refractivity contribution in [2.75, 3.05) is 40.3 Å². The molecule has 0 spiro atoms. The number of hydrogen-bond acceptors (Lipinski definition) is 7. The predicted molar refractivity (Wildman–Crippen MR) is 164 cm³/mol. The Bertz CT molecular complexity index is 1750. The molecule has 1 saturated heterocycles. The standard InChI is InChI=1S/C33H34N6O3/c1-22-9-12-26(21-38-17-15-37(2)16-18-38)39(22)29-14-11-25(20-34-29)35-31(23-7-5-4-6-8-23)30-27-13-10-24(33(41)42-3)19-28(27)36-32(30)40/h4-14,19-20,36,40H,15-18,21H2,1-3H3. The molecule has 9 heteroatoms. The van der Waals surface area contributed by atoms with Gasteiger partial charge in [-0.15, -0.1) is 0 Å². The Balaban J connectivity index is 1.36. The molecule has 0 amide bonds. The molecule has 0 unspecified atom stereocenters. The summed E-state index contributed by atoms with van der Waals surface area (Å²) in [6.45, 7) is 7.22. The number of hydrogen-bond donors (Lipinski definition) is 2. The number of pyridine rings is 1. The van der Waals surface area contributed by atoms with Crippen molar-refractivity contribution < 1.29 is 14.6 Å². The zero-order valence-corrected chi connectivity index (χ0v) is 24.0. The number of aromatic nitrogens is 3. The van der Waals surface area contributed by atoms with Gasteiger partial charge in [-0.25, -0.2) is 14.8 Å². The maximum atomic E-state index is 12.1. The molecule has 1 aliphatic rings. The van der Waals surface area contributed by atoms with Crippen molar-refractivity contribution in [3.05, 3.63) is 107 Å². The Morgan fingerprint density at radius 1 is 1.00 bits per heavy atom. The number of benzene rings is 2. The highest BCUT2D eigenvalue weighted by atomic mass is 16.5. The van der Waals surface area contributed by atoms with E-state index in [-0.39, 0.29) is 5.88 Å². The molecule has 214 valence electrons. The Morgan fingerprint density at radius 2 is 1.79 bits per heavy atom. The van der Waals surface area contributed by atoms with Gasteiger partial charge in [-0.3, -0.25) is 4.90 Å². The first-order valence-electron chi connectivity index (χ1n) is 14.0. The topological polar surface area (TPSA) is 99.0 Å². The Labute approximate surface area is 244 Å². The average Bonchev–Trinajstić information content (AvgIpc) is 3.54. The van der Waals surface area contributed by atoms with Crippen molar-refractivity contribution in [2.24, 2.45) is 4.99 Å². The molecular formula is C33H34N6O3. The van der Waals surface area contributed by atoms with Gasteiger partial charge in [0.05, 0.1) is 35.8 Å². The molecular weight excluding hydrogens is 528 g/mol. The molecule has 5 aromatic rings. The van der Waals surface area contributed by atoms with Crippen LogP contribution in [0.15, 0.2) is 84.0 Å². The van der Waals surface area contributed by atoms with Gasteiger partial charge in [0.15, 0.2) is 5.88 Å². The smallest absolute Gasteiger partial charge is 0.337 e. The third-order valence-electron chi connectivity index (χ3n) is 7.82.